The fourth-order valence-electron chi connectivity index (χ4n) is 1.69. The minimum absolute atomic E-state index is 0.0761. The van der Waals surface area contributed by atoms with E-state index < -0.39 is 0 Å². The number of hydrogen-bond donors (Lipinski definition) is 1. The number of hydrogen-bond acceptors (Lipinski definition) is 2. The normalized spacial score (nSPS) is 10.3. The average Bonchev–Trinajstić information content (AvgIpc) is 2.91. The van der Waals surface area contributed by atoms with E-state index in [1.54, 1.807) is 12.5 Å². The van der Waals surface area contributed by atoms with Gasteiger partial charge in [-0.05, 0) is 30.7 Å². The summed E-state index contributed by atoms with van der Waals surface area (Å²) in [7, 11) is 0. The van der Waals surface area contributed by atoms with Gasteiger partial charge in [0.25, 0.3) is 0 Å². The fraction of sp³-hybridized carbons (Fsp3) is 0.286. The molecule has 1 aromatic heterocycles. The molecule has 0 radical (unpaired) electrons. The van der Waals surface area contributed by atoms with Crippen molar-refractivity contribution in [3.8, 4) is 5.69 Å². The van der Waals surface area contributed by atoms with Crippen LogP contribution in [-0.2, 0) is 4.79 Å². The summed E-state index contributed by atoms with van der Waals surface area (Å²) in [5, 5.41) is 2.89. The number of rotatable bonds is 5. The molecule has 0 unspecified atom stereocenters. The molecule has 2 rings (SSSR count). The van der Waals surface area contributed by atoms with E-state index in [0.29, 0.717) is 6.42 Å². The van der Waals surface area contributed by atoms with Crippen molar-refractivity contribution in [3.05, 3.63) is 43.0 Å². The molecule has 4 nitrogen and oxygen atoms in total. The summed E-state index contributed by atoms with van der Waals surface area (Å²) in [5.41, 5.74) is 1.86. The molecule has 0 atom stereocenters. The van der Waals surface area contributed by atoms with Crippen LogP contribution in [0.3, 0.4) is 0 Å². The van der Waals surface area contributed by atoms with Gasteiger partial charge < -0.3 is 9.88 Å². The van der Waals surface area contributed by atoms with E-state index in [-0.39, 0.29) is 5.91 Å². The molecule has 0 aliphatic rings. The second kappa shape index (κ2) is 6.00. The zero-order valence-corrected chi connectivity index (χ0v) is 10.5. The smallest absolute Gasteiger partial charge is 0.224 e. The van der Waals surface area contributed by atoms with Gasteiger partial charge in [-0.25, -0.2) is 4.98 Å². The number of anilines is 1. The number of nitrogens with zero attached hydrogens (tertiary/aromatic N) is 2. The Hall–Kier alpha value is -2.10. The molecule has 1 amide bonds. The molecule has 1 N–H and O–H groups in total. The Morgan fingerprint density at radius 1 is 1.33 bits per heavy atom. The average molecular weight is 243 g/mol. The Morgan fingerprint density at radius 2 is 2.11 bits per heavy atom. The largest absolute Gasteiger partial charge is 0.326 e. The summed E-state index contributed by atoms with van der Waals surface area (Å²) in [6.07, 6.45) is 7.91. The van der Waals surface area contributed by atoms with Crippen molar-refractivity contribution in [2.75, 3.05) is 5.32 Å². The van der Waals surface area contributed by atoms with Gasteiger partial charge in [0.15, 0.2) is 0 Å². The quantitative estimate of drug-likeness (QED) is 0.877. The molecule has 94 valence electrons. The minimum atomic E-state index is 0.0761. The molecular formula is C14H17N3O. The number of nitrogens with one attached hydrogen (secondary N) is 1. The Kier molecular flexibility index (Phi) is 4.12. The Labute approximate surface area is 107 Å². The lowest BCUT2D eigenvalue weighted by Gasteiger charge is -2.06. The molecule has 0 bridgehead atoms. The number of carbonyl (C=O) groups excluding carboxylic acids is 1. The van der Waals surface area contributed by atoms with Crippen LogP contribution < -0.4 is 5.32 Å². The van der Waals surface area contributed by atoms with Gasteiger partial charge in [-0.2, -0.15) is 0 Å². The van der Waals surface area contributed by atoms with Crippen molar-refractivity contribution in [2.45, 2.75) is 26.2 Å². The third-order valence-corrected chi connectivity index (χ3v) is 2.71. The van der Waals surface area contributed by atoms with E-state index in [1.165, 1.54) is 0 Å². The zero-order chi connectivity index (χ0) is 12.8. The summed E-state index contributed by atoms with van der Waals surface area (Å²) < 4.78 is 1.92. The Bertz CT molecular complexity index is 488. The van der Waals surface area contributed by atoms with Crippen LogP contribution in [0.25, 0.3) is 5.69 Å². The summed E-state index contributed by atoms with van der Waals surface area (Å²) in [4.78, 5) is 15.6. The predicted octanol–water partition coefficient (Wildman–Crippen LogP) is 3.00. The summed E-state index contributed by atoms with van der Waals surface area (Å²) >= 11 is 0. The number of imidazole rings is 1. The number of carbonyl (C=O) groups is 1. The summed E-state index contributed by atoms with van der Waals surface area (Å²) in [6.45, 7) is 2.08. The zero-order valence-electron chi connectivity index (χ0n) is 10.5. The van der Waals surface area contributed by atoms with Gasteiger partial charge in [0, 0.05) is 30.2 Å². The third-order valence-electron chi connectivity index (χ3n) is 2.71. The molecule has 0 spiro atoms. The first-order chi connectivity index (χ1) is 8.79. The molecule has 1 heterocycles. The van der Waals surface area contributed by atoms with Crippen molar-refractivity contribution < 1.29 is 4.79 Å². The number of unbranched alkanes of at least 4 members (excludes halogenated alkanes) is 1. The highest BCUT2D eigenvalue weighted by Crippen LogP contribution is 2.13. The number of aromatic nitrogens is 2. The van der Waals surface area contributed by atoms with Gasteiger partial charge in [-0.3, -0.25) is 4.79 Å². The predicted molar refractivity (Wildman–Crippen MR) is 71.7 cm³/mol. The van der Waals surface area contributed by atoms with Crippen LogP contribution in [0, 0.1) is 0 Å². The van der Waals surface area contributed by atoms with Crippen LogP contribution in [0.4, 0.5) is 5.69 Å². The highest BCUT2D eigenvalue weighted by molar-refractivity contribution is 5.90. The summed E-state index contributed by atoms with van der Waals surface area (Å²) in [6, 6.07) is 7.71. The highest BCUT2D eigenvalue weighted by Gasteiger charge is 2.01. The van der Waals surface area contributed by atoms with E-state index in [1.807, 2.05) is 35.0 Å². The second-order valence-electron chi connectivity index (χ2n) is 4.17. The van der Waals surface area contributed by atoms with Gasteiger partial charge in [-0.1, -0.05) is 13.3 Å². The number of benzene rings is 1. The standard InChI is InChI=1S/C14H17N3O/c1-2-3-4-14(18)16-12-5-7-13(8-6-12)17-10-9-15-11-17/h5-11H,2-4H2,1H3,(H,16,18). The van der Waals surface area contributed by atoms with Gasteiger partial charge >= 0.3 is 0 Å². The minimum Gasteiger partial charge on any atom is -0.326 e. The molecule has 2 aromatic rings. The fourth-order valence-corrected chi connectivity index (χ4v) is 1.69. The second-order valence-corrected chi connectivity index (χ2v) is 4.17. The van der Waals surface area contributed by atoms with Crippen LogP contribution in [0.5, 0.6) is 0 Å². The maximum Gasteiger partial charge on any atom is 0.224 e. The van der Waals surface area contributed by atoms with Crippen molar-refractivity contribution in [1.29, 1.82) is 0 Å². The molecule has 1 aromatic carbocycles. The van der Waals surface area contributed by atoms with Crippen molar-refractivity contribution in [2.24, 2.45) is 0 Å². The maximum atomic E-state index is 11.6. The summed E-state index contributed by atoms with van der Waals surface area (Å²) in [5.74, 6) is 0.0761. The molecule has 0 saturated heterocycles. The molecule has 4 heteroatoms. The van der Waals surface area contributed by atoms with Crippen LogP contribution >= 0.6 is 0 Å². The van der Waals surface area contributed by atoms with Gasteiger partial charge in [0.2, 0.25) is 5.91 Å². The van der Waals surface area contributed by atoms with Gasteiger partial charge in [0.05, 0.1) is 6.33 Å². The molecule has 0 saturated carbocycles. The van der Waals surface area contributed by atoms with Gasteiger partial charge in [0.1, 0.15) is 0 Å². The van der Waals surface area contributed by atoms with Crippen LogP contribution in [0.2, 0.25) is 0 Å². The highest BCUT2D eigenvalue weighted by atomic mass is 16.1. The van der Waals surface area contributed by atoms with E-state index in [2.05, 4.69) is 17.2 Å². The molecular weight excluding hydrogens is 226 g/mol. The van der Waals surface area contributed by atoms with Crippen molar-refractivity contribution in [3.63, 3.8) is 0 Å². The van der Waals surface area contributed by atoms with Crippen LogP contribution in [-0.4, -0.2) is 15.5 Å². The first kappa shape index (κ1) is 12.4. The topological polar surface area (TPSA) is 46.9 Å². The third kappa shape index (κ3) is 3.20. The van der Waals surface area contributed by atoms with E-state index >= 15 is 0 Å². The molecule has 18 heavy (non-hydrogen) atoms. The molecule has 0 aliphatic carbocycles. The van der Waals surface area contributed by atoms with E-state index in [9.17, 15) is 4.79 Å². The lowest BCUT2D eigenvalue weighted by molar-refractivity contribution is -0.116. The van der Waals surface area contributed by atoms with E-state index in [0.717, 1.165) is 24.2 Å². The van der Waals surface area contributed by atoms with E-state index in [4.69, 9.17) is 0 Å². The molecule has 0 fully saturated rings. The van der Waals surface area contributed by atoms with Crippen LogP contribution in [0.15, 0.2) is 43.0 Å². The van der Waals surface area contributed by atoms with Gasteiger partial charge in [-0.15, -0.1) is 0 Å². The number of amides is 1. The molecule has 0 aliphatic heterocycles. The first-order valence-electron chi connectivity index (χ1n) is 6.18. The lowest BCUT2D eigenvalue weighted by atomic mass is 10.2. The maximum absolute atomic E-state index is 11.6. The Balaban J connectivity index is 1.98. The SMILES string of the molecule is CCCCC(=O)Nc1ccc(-n2ccnc2)cc1. The first-order valence-corrected chi connectivity index (χ1v) is 6.18. The lowest BCUT2D eigenvalue weighted by Crippen LogP contribution is -2.10. The Morgan fingerprint density at radius 3 is 2.72 bits per heavy atom. The van der Waals surface area contributed by atoms with Crippen molar-refractivity contribution in [1.82, 2.24) is 9.55 Å². The van der Waals surface area contributed by atoms with Crippen molar-refractivity contribution >= 4 is 11.6 Å². The monoisotopic (exact) mass is 243 g/mol. The van der Waals surface area contributed by atoms with Crippen LogP contribution in [0.1, 0.15) is 26.2 Å².